The van der Waals surface area contributed by atoms with Gasteiger partial charge in [-0.05, 0) is 44.4 Å². The SMILES string of the molecule is Cc1cc(C)n(-c2ccccc2CNC(=O)C2(C#N)CCCC2)n1. The number of nitrogens with zero attached hydrogens (tertiary/aromatic N) is 3. The molecule has 0 atom stereocenters. The lowest BCUT2D eigenvalue weighted by molar-refractivity contribution is -0.128. The molecule has 0 aliphatic heterocycles. The Morgan fingerprint density at radius 3 is 2.67 bits per heavy atom. The first-order valence-corrected chi connectivity index (χ1v) is 8.37. The first-order valence-electron chi connectivity index (χ1n) is 8.37. The molecule has 1 heterocycles. The third-order valence-corrected chi connectivity index (χ3v) is 4.77. The van der Waals surface area contributed by atoms with Crippen molar-refractivity contribution in [1.82, 2.24) is 15.1 Å². The lowest BCUT2D eigenvalue weighted by Crippen LogP contribution is -2.38. The number of nitrogens with one attached hydrogen (secondary N) is 1. The molecule has 0 radical (unpaired) electrons. The molecular formula is C19H22N4O. The zero-order valence-corrected chi connectivity index (χ0v) is 14.2. The van der Waals surface area contributed by atoms with E-state index in [0.717, 1.165) is 35.5 Å². The second-order valence-corrected chi connectivity index (χ2v) is 6.55. The number of aryl methyl sites for hydroxylation is 2. The van der Waals surface area contributed by atoms with Crippen LogP contribution >= 0.6 is 0 Å². The van der Waals surface area contributed by atoms with Crippen molar-refractivity contribution >= 4 is 5.91 Å². The number of aromatic nitrogens is 2. The Labute approximate surface area is 142 Å². The van der Waals surface area contributed by atoms with Crippen LogP contribution in [0.25, 0.3) is 5.69 Å². The monoisotopic (exact) mass is 322 g/mol. The molecule has 1 amide bonds. The fraction of sp³-hybridized carbons (Fsp3) is 0.421. The molecule has 2 aromatic rings. The molecule has 0 spiro atoms. The van der Waals surface area contributed by atoms with Crippen molar-refractivity contribution in [3.05, 3.63) is 47.3 Å². The maximum atomic E-state index is 12.5. The van der Waals surface area contributed by atoms with Crippen LogP contribution in [0.3, 0.4) is 0 Å². The number of carbonyl (C=O) groups is 1. The number of amides is 1. The van der Waals surface area contributed by atoms with Crippen LogP contribution in [-0.4, -0.2) is 15.7 Å². The predicted molar refractivity (Wildman–Crippen MR) is 91.4 cm³/mol. The van der Waals surface area contributed by atoms with Gasteiger partial charge in [0.15, 0.2) is 0 Å². The van der Waals surface area contributed by atoms with Crippen LogP contribution in [0.5, 0.6) is 0 Å². The minimum atomic E-state index is -0.840. The van der Waals surface area contributed by atoms with E-state index in [4.69, 9.17) is 0 Å². The fourth-order valence-corrected chi connectivity index (χ4v) is 3.45. The highest BCUT2D eigenvalue weighted by molar-refractivity contribution is 5.85. The Hall–Kier alpha value is -2.61. The van der Waals surface area contributed by atoms with Crippen molar-refractivity contribution in [2.75, 3.05) is 0 Å². The van der Waals surface area contributed by atoms with Gasteiger partial charge >= 0.3 is 0 Å². The van der Waals surface area contributed by atoms with Crippen LogP contribution in [0, 0.1) is 30.6 Å². The van der Waals surface area contributed by atoms with Crippen molar-refractivity contribution in [3.8, 4) is 11.8 Å². The van der Waals surface area contributed by atoms with Gasteiger partial charge in [0.25, 0.3) is 0 Å². The molecular weight excluding hydrogens is 300 g/mol. The van der Waals surface area contributed by atoms with Gasteiger partial charge in [-0.3, -0.25) is 4.79 Å². The van der Waals surface area contributed by atoms with Crippen LogP contribution in [0.1, 0.15) is 42.6 Å². The van der Waals surface area contributed by atoms with Crippen LogP contribution in [0.2, 0.25) is 0 Å². The first kappa shape index (κ1) is 16.3. The number of nitriles is 1. The van der Waals surface area contributed by atoms with Gasteiger partial charge in [0.2, 0.25) is 5.91 Å². The van der Waals surface area contributed by atoms with E-state index in [1.54, 1.807) is 0 Å². The number of para-hydroxylation sites is 1. The first-order chi connectivity index (χ1) is 11.6. The molecule has 1 saturated carbocycles. The molecule has 3 rings (SSSR count). The third kappa shape index (κ3) is 2.92. The molecule has 5 heteroatoms. The largest absolute Gasteiger partial charge is 0.351 e. The third-order valence-electron chi connectivity index (χ3n) is 4.77. The summed E-state index contributed by atoms with van der Waals surface area (Å²) in [6, 6.07) is 12.2. The summed E-state index contributed by atoms with van der Waals surface area (Å²) in [6.45, 7) is 4.38. The average Bonchev–Trinajstić information content (AvgIpc) is 3.20. The van der Waals surface area contributed by atoms with Crippen LogP contribution in [-0.2, 0) is 11.3 Å². The van der Waals surface area contributed by atoms with Crippen molar-refractivity contribution in [3.63, 3.8) is 0 Å². The minimum Gasteiger partial charge on any atom is -0.351 e. The molecule has 1 aliphatic carbocycles. The zero-order chi connectivity index (χ0) is 17.2. The quantitative estimate of drug-likeness (QED) is 0.939. The van der Waals surface area contributed by atoms with Crippen molar-refractivity contribution < 1.29 is 4.79 Å². The second-order valence-electron chi connectivity index (χ2n) is 6.55. The zero-order valence-electron chi connectivity index (χ0n) is 14.2. The normalized spacial score (nSPS) is 15.9. The number of benzene rings is 1. The summed E-state index contributed by atoms with van der Waals surface area (Å²) >= 11 is 0. The Morgan fingerprint density at radius 2 is 2.04 bits per heavy atom. The van der Waals surface area contributed by atoms with E-state index in [1.807, 2.05) is 48.9 Å². The highest BCUT2D eigenvalue weighted by Gasteiger charge is 2.41. The van der Waals surface area contributed by atoms with E-state index in [0.29, 0.717) is 19.4 Å². The average molecular weight is 322 g/mol. The Morgan fingerprint density at radius 1 is 1.33 bits per heavy atom. The van der Waals surface area contributed by atoms with Gasteiger partial charge in [-0.15, -0.1) is 0 Å². The Kier molecular flexibility index (Phi) is 4.39. The molecule has 24 heavy (non-hydrogen) atoms. The lowest BCUT2D eigenvalue weighted by Gasteiger charge is -2.20. The molecule has 1 fully saturated rings. The van der Waals surface area contributed by atoms with E-state index in [2.05, 4.69) is 16.5 Å². The van der Waals surface area contributed by atoms with Gasteiger partial charge in [0, 0.05) is 12.2 Å². The molecule has 0 unspecified atom stereocenters. The Balaban J connectivity index is 1.81. The number of hydrogen-bond acceptors (Lipinski definition) is 3. The van der Waals surface area contributed by atoms with Gasteiger partial charge < -0.3 is 5.32 Å². The number of carbonyl (C=O) groups excluding carboxylic acids is 1. The highest BCUT2D eigenvalue weighted by Crippen LogP contribution is 2.37. The summed E-state index contributed by atoms with van der Waals surface area (Å²) in [5.41, 5.74) is 3.12. The minimum absolute atomic E-state index is 0.148. The van der Waals surface area contributed by atoms with E-state index < -0.39 is 5.41 Å². The van der Waals surface area contributed by atoms with E-state index >= 15 is 0 Å². The summed E-state index contributed by atoms with van der Waals surface area (Å²) in [7, 11) is 0. The number of hydrogen-bond donors (Lipinski definition) is 1. The summed E-state index contributed by atoms with van der Waals surface area (Å²) in [4.78, 5) is 12.5. The summed E-state index contributed by atoms with van der Waals surface area (Å²) < 4.78 is 1.90. The van der Waals surface area contributed by atoms with Crippen molar-refractivity contribution in [1.29, 1.82) is 5.26 Å². The van der Waals surface area contributed by atoms with Gasteiger partial charge in [0.1, 0.15) is 5.41 Å². The smallest absolute Gasteiger partial charge is 0.240 e. The predicted octanol–water partition coefficient (Wildman–Crippen LogP) is 3.19. The van der Waals surface area contributed by atoms with E-state index in [1.165, 1.54) is 0 Å². The van der Waals surface area contributed by atoms with Gasteiger partial charge in [-0.1, -0.05) is 31.0 Å². The molecule has 1 aliphatic rings. The molecule has 0 saturated heterocycles. The van der Waals surface area contributed by atoms with Crippen LogP contribution in [0.4, 0.5) is 0 Å². The molecule has 1 aromatic carbocycles. The van der Waals surface area contributed by atoms with Crippen molar-refractivity contribution in [2.24, 2.45) is 5.41 Å². The van der Waals surface area contributed by atoms with Gasteiger partial charge in [-0.25, -0.2) is 4.68 Å². The number of rotatable bonds is 4. The summed E-state index contributed by atoms with van der Waals surface area (Å²) in [6.07, 6.45) is 3.22. The summed E-state index contributed by atoms with van der Waals surface area (Å²) in [5.74, 6) is -0.148. The van der Waals surface area contributed by atoms with Gasteiger partial charge in [-0.2, -0.15) is 10.4 Å². The second kappa shape index (κ2) is 6.48. The highest BCUT2D eigenvalue weighted by atomic mass is 16.2. The molecule has 0 bridgehead atoms. The maximum Gasteiger partial charge on any atom is 0.240 e. The van der Waals surface area contributed by atoms with Crippen LogP contribution < -0.4 is 5.32 Å². The molecule has 1 aromatic heterocycles. The molecule has 1 N–H and O–H groups in total. The van der Waals surface area contributed by atoms with Crippen molar-refractivity contribution in [2.45, 2.75) is 46.1 Å². The standard InChI is InChI=1S/C19H22N4O/c1-14-11-15(2)23(22-14)17-8-4-3-7-16(17)12-21-18(24)19(13-20)9-5-6-10-19/h3-4,7-8,11H,5-6,9-10,12H2,1-2H3,(H,21,24). The van der Waals surface area contributed by atoms with E-state index in [9.17, 15) is 10.1 Å². The topological polar surface area (TPSA) is 70.7 Å². The Bertz CT molecular complexity index is 794. The molecule has 5 nitrogen and oxygen atoms in total. The molecule has 124 valence electrons. The van der Waals surface area contributed by atoms with E-state index in [-0.39, 0.29) is 5.91 Å². The lowest BCUT2D eigenvalue weighted by atomic mass is 9.87. The van der Waals surface area contributed by atoms with Gasteiger partial charge in [0.05, 0.1) is 17.5 Å². The summed E-state index contributed by atoms with van der Waals surface area (Å²) in [5, 5.41) is 16.9. The van der Waals surface area contributed by atoms with Crippen LogP contribution in [0.15, 0.2) is 30.3 Å². The maximum absolute atomic E-state index is 12.5. The fourth-order valence-electron chi connectivity index (χ4n) is 3.45.